The van der Waals surface area contributed by atoms with Crippen LogP contribution in [0.4, 0.5) is 0 Å². The van der Waals surface area contributed by atoms with E-state index in [2.05, 4.69) is 5.32 Å². The normalized spacial score (nSPS) is 13.4. The predicted octanol–water partition coefficient (Wildman–Crippen LogP) is 2.80. The summed E-state index contributed by atoms with van der Waals surface area (Å²) < 4.78 is 7.60. The second kappa shape index (κ2) is 7.40. The fraction of sp³-hybridized carbons (Fsp3) is 0.250. The van der Waals surface area contributed by atoms with E-state index in [0.717, 1.165) is 16.5 Å². The zero-order valence-electron chi connectivity index (χ0n) is 14.3. The van der Waals surface area contributed by atoms with Crippen molar-refractivity contribution in [2.45, 2.75) is 19.1 Å². The second-order valence-corrected chi connectivity index (χ2v) is 6.08. The van der Waals surface area contributed by atoms with Gasteiger partial charge in [0.05, 0.1) is 6.10 Å². The Morgan fingerprint density at radius 2 is 1.96 bits per heavy atom. The molecule has 2 atom stereocenters. The Hall–Kier alpha value is -2.79. The fourth-order valence-electron chi connectivity index (χ4n) is 2.72. The van der Waals surface area contributed by atoms with Gasteiger partial charge in [0.25, 0.3) is 5.91 Å². The Bertz CT molecular complexity index is 858. The molecule has 0 aliphatic rings. The Morgan fingerprint density at radius 1 is 1.20 bits per heavy atom. The number of carbonyl (C=O) groups excluding carboxylic acids is 1. The molecule has 0 aliphatic carbocycles. The molecule has 0 radical (unpaired) electrons. The van der Waals surface area contributed by atoms with Gasteiger partial charge in [-0.1, -0.05) is 24.3 Å². The van der Waals surface area contributed by atoms with Gasteiger partial charge in [-0.15, -0.1) is 0 Å². The number of nitrogens with zero attached hydrogens (tertiary/aromatic N) is 1. The van der Waals surface area contributed by atoms with E-state index in [1.54, 1.807) is 19.1 Å². The Morgan fingerprint density at radius 3 is 2.72 bits per heavy atom. The topological polar surface area (TPSA) is 63.5 Å². The molecule has 0 aliphatic heterocycles. The van der Waals surface area contributed by atoms with Gasteiger partial charge in [0.15, 0.2) is 6.10 Å². The van der Waals surface area contributed by atoms with Crippen LogP contribution < -0.4 is 10.1 Å². The van der Waals surface area contributed by atoms with Crippen molar-refractivity contribution in [2.24, 2.45) is 7.05 Å². The van der Waals surface area contributed by atoms with Gasteiger partial charge >= 0.3 is 0 Å². The van der Waals surface area contributed by atoms with Crippen LogP contribution >= 0.6 is 0 Å². The number of aryl methyl sites for hydroxylation is 1. The predicted molar refractivity (Wildman–Crippen MR) is 97.4 cm³/mol. The van der Waals surface area contributed by atoms with Crippen molar-refractivity contribution in [3.8, 4) is 5.75 Å². The first-order valence-electron chi connectivity index (χ1n) is 8.27. The third-order valence-electron chi connectivity index (χ3n) is 4.19. The first kappa shape index (κ1) is 17.0. The van der Waals surface area contributed by atoms with E-state index < -0.39 is 12.2 Å². The number of rotatable bonds is 6. The third-order valence-corrected chi connectivity index (χ3v) is 4.19. The summed E-state index contributed by atoms with van der Waals surface area (Å²) >= 11 is 0. The molecule has 1 heterocycles. The number of carbonyl (C=O) groups is 1. The monoisotopic (exact) mass is 338 g/mol. The number of amides is 1. The summed E-state index contributed by atoms with van der Waals surface area (Å²) in [5, 5.41) is 14.1. The van der Waals surface area contributed by atoms with Crippen LogP contribution in [0, 0.1) is 0 Å². The molecule has 0 saturated heterocycles. The van der Waals surface area contributed by atoms with E-state index in [4.69, 9.17) is 4.74 Å². The van der Waals surface area contributed by atoms with Crippen LogP contribution in [0.3, 0.4) is 0 Å². The minimum absolute atomic E-state index is 0.139. The van der Waals surface area contributed by atoms with E-state index in [-0.39, 0.29) is 12.5 Å². The second-order valence-electron chi connectivity index (χ2n) is 6.08. The van der Waals surface area contributed by atoms with Crippen molar-refractivity contribution >= 4 is 16.8 Å². The van der Waals surface area contributed by atoms with Crippen LogP contribution in [0.2, 0.25) is 0 Å². The van der Waals surface area contributed by atoms with Crippen molar-refractivity contribution < 1.29 is 14.6 Å². The lowest BCUT2D eigenvalue weighted by Crippen LogP contribution is -2.38. The molecule has 5 nitrogen and oxygen atoms in total. The number of hydrogen-bond donors (Lipinski definition) is 2. The smallest absolute Gasteiger partial charge is 0.260 e. The number of hydrogen-bond acceptors (Lipinski definition) is 3. The van der Waals surface area contributed by atoms with Crippen molar-refractivity contribution in [1.29, 1.82) is 0 Å². The first-order valence-corrected chi connectivity index (χ1v) is 8.27. The maximum atomic E-state index is 12.1. The molecule has 0 unspecified atom stereocenters. The van der Waals surface area contributed by atoms with Crippen molar-refractivity contribution in [3.05, 3.63) is 66.4 Å². The Kier molecular flexibility index (Phi) is 5.05. The highest BCUT2D eigenvalue weighted by atomic mass is 16.5. The lowest BCUT2D eigenvalue weighted by Gasteiger charge is -2.17. The number of ether oxygens (including phenoxy) is 1. The molecule has 2 N–H and O–H groups in total. The summed E-state index contributed by atoms with van der Waals surface area (Å²) in [6.07, 6.45) is 0.578. The van der Waals surface area contributed by atoms with Gasteiger partial charge in [-0.3, -0.25) is 4.79 Å². The van der Waals surface area contributed by atoms with Crippen LogP contribution in [-0.4, -0.2) is 28.2 Å². The van der Waals surface area contributed by atoms with Gasteiger partial charge in [-0.25, -0.2) is 0 Å². The lowest BCUT2D eigenvalue weighted by molar-refractivity contribution is -0.127. The van der Waals surface area contributed by atoms with E-state index in [0.29, 0.717) is 5.75 Å². The molecule has 0 bridgehead atoms. The zero-order chi connectivity index (χ0) is 17.8. The van der Waals surface area contributed by atoms with Gasteiger partial charge in [-0.05, 0) is 48.2 Å². The number of aliphatic hydroxyl groups is 1. The maximum Gasteiger partial charge on any atom is 0.260 e. The average molecular weight is 338 g/mol. The SMILES string of the molecule is C[C@H](Oc1ccccc1)C(=O)NC[C@@H](O)c1ccc2c(ccn2C)c1. The van der Waals surface area contributed by atoms with Gasteiger partial charge in [0.1, 0.15) is 5.75 Å². The zero-order valence-corrected chi connectivity index (χ0v) is 14.3. The highest BCUT2D eigenvalue weighted by molar-refractivity contribution is 5.81. The van der Waals surface area contributed by atoms with Gasteiger partial charge in [0.2, 0.25) is 0 Å². The molecule has 25 heavy (non-hydrogen) atoms. The summed E-state index contributed by atoms with van der Waals surface area (Å²) in [5.74, 6) is 0.379. The average Bonchev–Trinajstić information content (AvgIpc) is 3.00. The van der Waals surface area contributed by atoms with Gasteiger partial charge < -0.3 is 19.7 Å². The maximum absolute atomic E-state index is 12.1. The summed E-state index contributed by atoms with van der Waals surface area (Å²) in [6.45, 7) is 1.82. The van der Waals surface area contributed by atoms with Crippen LogP contribution in [0.1, 0.15) is 18.6 Å². The molecule has 5 heteroatoms. The number of para-hydroxylation sites is 1. The van der Waals surface area contributed by atoms with Gasteiger partial charge in [0, 0.05) is 25.3 Å². The van der Waals surface area contributed by atoms with Crippen molar-refractivity contribution in [1.82, 2.24) is 9.88 Å². The van der Waals surface area contributed by atoms with Crippen molar-refractivity contribution in [2.75, 3.05) is 6.54 Å². The van der Waals surface area contributed by atoms with Gasteiger partial charge in [-0.2, -0.15) is 0 Å². The highest BCUT2D eigenvalue weighted by Crippen LogP contribution is 2.21. The molecular formula is C20H22N2O3. The molecule has 3 rings (SSSR count). The number of nitrogens with one attached hydrogen (secondary N) is 1. The first-order chi connectivity index (χ1) is 12.0. The Balaban J connectivity index is 1.56. The van der Waals surface area contributed by atoms with Crippen LogP contribution in [0.5, 0.6) is 5.75 Å². The molecule has 130 valence electrons. The summed E-state index contributed by atoms with van der Waals surface area (Å²) in [7, 11) is 1.98. The molecule has 2 aromatic carbocycles. The molecule has 0 spiro atoms. The number of aromatic nitrogens is 1. The van der Waals surface area contributed by atoms with Crippen LogP contribution in [0.15, 0.2) is 60.8 Å². The largest absolute Gasteiger partial charge is 0.481 e. The standard InChI is InChI=1S/C20H22N2O3/c1-14(25-17-6-4-3-5-7-17)20(24)21-13-19(23)16-8-9-18-15(12-16)10-11-22(18)2/h3-12,14,19,23H,13H2,1-2H3,(H,21,24)/t14-,19+/m0/s1. The number of fused-ring (bicyclic) bond motifs is 1. The number of benzene rings is 2. The van der Waals surface area contributed by atoms with Crippen LogP contribution in [0.25, 0.3) is 10.9 Å². The molecule has 3 aromatic rings. The van der Waals surface area contributed by atoms with Crippen LogP contribution in [-0.2, 0) is 11.8 Å². The molecule has 0 fully saturated rings. The fourth-order valence-corrected chi connectivity index (χ4v) is 2.72. The minimum Gasteiger partial charge on any atom is -0.481 e. The van der Waals surface area contributed by atoms with E-state index in [1.807, 2.05) is 60.3 Å². The van der Waals surface area contributed by atoms with E-state index >= 15 is 0 Å². The quantitative estimate of drug-likeness (QED) is 0.726. The lowest BCUT2D eigenvalue weighted by atomic mass is 10.1. The minimum atomic E-state index is -0.766. The third kappa shape index (κ3) is 4.00. The number of aliphatic hydroxyl groups excluding tert-OH is 1. The molecule has 1 aromatic heterocycles. The summed E-state index contributed by atoms with van der Waals surface area (Å²) in [4.78, 5) is 12.1. The van der Waals surface area contributed by atoms with E-state index in [1.165, 1.54) is 0 Å². The van der Waals surface area contributed by atoms with E-state index in [9.17, 15) is 9.90 Å². The van der Waals surface area contributed by atoms with Crippen molar-refractivity contribution in [3.63, 3.8) is 0 Å². The molecule has 1 amide bonds. The summed E-state index contributed by atoms with van der Waals surface area (Å²) in [6, 6.07) is 17.0. The molecule has 0 saturated carbocycles. The Labute approximate surface area is 146 Å². The molecular weight excluding hydrogens is 316 g/mol. The summed E-state index contributed by atoms with van der Waals surface area (Å²) in [5.41, 5.74) is 1.88. The highest BCUT2D eigenvalue weighted by Gasteiger charge is 2.16.